The summed E-state index contributed by atoms with van der Waals surface area (Å²) in [6.45, 7) is 13.5. The van der Waals surface area contributed by atoms with Gasteiger partial charge in [0.15, 0.2) is 15.7 Å². The molecule has 6 N–H and O–H groups in total. The van der Waals surface area contributed by atoms with E-state index in [1.807, 2.05) is 66.7 Å². The monoisotopic (exact) mass is 1780 g/mol. The molecule has 0 aliphatic rings. The van der Waals surface area contributed by atoms with Crippen LogP contribution >= 0.6 is 34.8 Å². The quantitative estimate of drug-likeness (QED) is 0.0306. The lowest BCUT2D eigenvalue weighted by Crippen LogP contribution is -2.44. The summed E-state index contributed by atoms with van der Waals surface area (Å²) in [7, 11) is -13.5. The number of carbonyl (C=O) groups excluding carboxylic acids is 2. The molecule has 0 fully saturated rings. The summed E-state index contributed by atoms with van der Waals surface area (Å²) < 4.78 is 167. The Labute approximate surface area is 706 Å². The first kappa shape index (κ1) is 87.3. The Morgan fingerprint density at radius 3 is 0.777 bits per heavy atom. The van der Waals surface area contributed by atoms with Crippen LogP contribution in [0.5, 0.6) is 0 Å². The van der Waals surface area contributed by atoms with Crippen LogP contribution in [-0.2, 0) is 68.7 Å². The normalized spacial score (nSPS) is 13.3. The lowest BCUT2D eigenvalue weighted by atomic mass is 10.1. The highest BCUT2D eigenvalue weighted by atomic mass is 35.5. The van der Waals surface area contributed by atoms with Gasteiger partial charge >= 0.3 is 23.9 Å². The van der Waals surface area contributed by atoms with Crippen molar-refractivity contribution in [3.8, 4) is 45.3 Å². The van der Waals surface area contributed by atoms with Crippen LogP contribution in [0.2, 0.25) is 15.7 Å². The van der Waals surface area contributed by atoms with Crippen LogP contribution in [-0.4, -0.2) is 106 Å². The lowest BCUT2D eigenvalue weighted by Gasteiger charge is -2.19. The van der Waals surface area contributed by atoms with Gasteiger partial charge in [-0.15, -0.1) is 0 Å². The molecule has 0 saturated heterocycles. The van der Waals surface area contributed by atoms with Gasteiger partial charge in [-0.25, -0.2) is 33.7 Å². The molecule has 4 atom stereocenters. The highest BCUT2D eigenvalue weighted by molar-refractivity contribution is 7.90. The molecule has 8 heterocycles. The van der Waals surface area contributed by atoms with E-state index < -0.39 is 100.0 Å². The Morgan fingerprint density at radius 2 is 0.562 bits per heavy atom. The number of halogens is 3. The van der Waals surface area contributed by atoms with Crippen LogP contribution in [0.25, 0.3) is 133 Å². The highest BCUT2D eigenvalue weighted by Gasteiger charge is 2.34. The van der Waals surface area contributed by atoms with Gasteiger partial charge in [0, 0.05) is 65.3 Å². The fraction of sp³-hybridized carbons (Fsp3) is 0.209. The summed E-state index contributed by atoms with van der Waals surface area (Å²) in [6, 6.07) is 49.4. The summed E-state index contributed by atoms with van der Waals surface area (Å²) in [6.07, 6.45) is 1.60. The third kappa shape index (κ3) is 19.0. The van der Waals surface area contributed by atoms with E-state index >= 15 is 0 Å². The molecule has 630 valence electrons. The van der Waals surface area contributed by atoms with Gasteiger partial charge in [-0.2, -0.15) is 18.9 Å². The van der Waals surface area contributed by atoms with Gasteiger partial charge in [-0.3, -0.25) is 19.2 Å². The van der Waals surface area contributed by atoms with Gasteiger partial charge in [0.05, 0.1) is 40.1 Å². The molecule has 16 aromatic rings. The number of carboxylic acid groups (broad SMARTS) is 2. The zero-order chi connectivity index (χ0) is 87.1. The molecule has 8 aromatic heterocycles. The van der Waals surface area contributed by atoms with Gasteiger partial charge in [0.1, 0.15) is 91.9 Å². The third-order valence-electron chi connectivity index (χ3n) is 19.6. The Bertz CT molecular complexity index is 6920. The zero-order valence-electron chi connectivity index (χ0n) is 65.8. The van der Waals surface area contributed by atoms with Crippen molar-refractivity contribution in [3.05, 3.63) is 216 Å². The number of hydrogen-bond donors (Lipinski definition) is 6. The van der Waals surface area contributed by atoms with Crippen molar-refractivity contribution in [2.45, 2.75) is 99.1 Å². The van der Waals surface area contributed by atoms with Crippen LogP contribution in [0, 0.1) is 23.7 Å². The molecule has 0 amide bonds. The standard InChI is InChI=1S/C22H20ClNO6S.C22H21NO6S.2C21H18ClNO6S/c1-12(2)21(22(25)28-3)24-31(26,27)14-5-7-18-16(11-14)15-6-4-13(10-19(15)29-18)17-8-9-20(23)30-17;1-13(2)21(22(24)27-3)23-30(25,26)15-7-9-19-17(12-15)16-8-6-14(11-20(16)29-19)18-5-4-10-28-18;2*1-11(2)20(21(24)25)23-30(26,27)13-4-6-17-15(10-13)14-5-3-12(9-18(14)28-17)16-7-8-19(22)29-16/h4-12,21,24H,1-3H3;4-13,21,23H,1-3H3;2*3-11,20,23H,1-2H3,(H,24,25)/t2*21-;2*20-/m1111/s1. The molecule has 16 rings (SSSR count). The van der Waals surface area contributed by atoms with E-state index in [9.17, 15) is 63.1 Å². The van der Waals surface area contributed by atoms with E-state index in [2.05, 4.69) is 18.9 Å². The second-order valence-electron chi connectivity index (χ2n) is 29.3. The lowest BCUT2D eigenvalue weighted by molar-refractivity contribution is -0.144. The van der Waals surface area contributed by atoms with Crippen LogP contribution in [0.1, 0.15) is 55.4 Å². The average Bonchev–Trinajstić information content (AvgIpc) is 1.64. The number of hydrogen-bond acceptors (Lipinski definition) is 22. The minimum absolute atomic E-state index is 0.0270. The smallest absolute Gasteiger partial charge is 0.324 e. The summed E-state index contributed by atoms with van der Waals surface area (Å²) in [5.41, 5.74) is 7.62. The topological polar surface area (TPSA) is 417 Å². The van der Waals surface area contributed by atoms with E-state index in [1.54, 1.807) is 147 Å². The van der Waals surface area contributed by atoms with Gasteiger partial charge < -0.3 is 55.0 Å². The van der Waals surface area contributed by atoms with Crippen molar-refractivity contribution in [1.29, 1.82) is 0 Å². The Morgan fingerprint density at radius 1 is 0.306 bits per heavy atom. The van der Waals surface area contributed by atoms with E-state index in [0.29, 0.717) is 89.3 Å². The minimum Gasteiger partial charge on any atom is -0.480 e. The van der Waals surface area contributed by atoms with Crippen LogP contribution < -0.4 is 18.9 Å². The number of nitrogens with one attached hydrogen (secondary N) is 4. The summed E-state index contributed by atoms with van der Waals surface area (Å²) in [4.78, 5) is 46.7. The van der Waals surface area contributed by atoms with Crippen molar-refractivity contribution in [1.82, 2.24) is 18.9 Å². The Hall–Kier alpha value is -11.5. The SMILES string of the molecule is CC(C)[C@@H](NS(=O)(=O)c1ccc2oc3cc(-c4ccc(Cl)o4)ccc3c2c1)C(=O)O.CC(C)[C@@H](NS(=O)(=O)c1ccc2oc3cc(-c4ccc(Cl)o4)ccc3c2c1)C(=O)O.COC(=O)[C@H](NS(=O)(=O)c1ccc2oc3cc(-c4ccc(Cl)o4)ccc3c2c1)C(C)C.COC(=O)[C@H](NS(=O)(=O)c1ccc2oc3cc(-c4ccco4)ccc3c2c1)C(C)C. The number of sulfonamides is 4. The molecule has 0 radical (unpaired) electrons. The van der Waals surface area contributed by atoms with Crippen molar-refractivity contribution in [3.63, 3.8) is 0 Å². The number of aliphatic carboxylic acids is 2. The maximum Gasteiger partial charge on any atom is 0.324 e. The molecule has 121 heavy (non-hydrogen) atoms. The van der Waals surface area contributed by atoms with E-state index in [-0.39, 0.29) is 47.1 Å². The first-order valence-corrected chi connectivity index (χ1v) is 44.2. The van der Waals surface area contributed by atoms with Crippen molar-refractivity contribution < 1.29 is 108 Å². The van der Waals surface area contributed by atoms with Gasteiger partial charge in [0.2, 0.25) is 40.1 Å². The fourth-order valence-corrected chi connectivity index (χ4v) is 19.1. The van der Waals surface area contributed by atoms with Crippen LogP contribution in [0.4, 0.5) is 0 Å². The van der Waals surface area contributed by atoms with Crippen LogP contribution in [0.3, 0.4) is 0 Å². The van der Waals surface area contributed by atoms with Crippen molar-refractivity contribution in [2.75, 3.05) is 14.2 Å². The predicted molar refractivity (Wildman–Crippen MR) is 456 cm³/mol. The van der Waals surface area contributed by atoms with E-state index in [1.165, 1.54) is 56.7 Å². The first-order valence-electron chi connectivity index (χ1n) is 37.2. The summed E-state index contributed by atoms with van der Waals surface area (Å²) in [5.74, 6) is -2.62. The Balaban J connectivity index is 0.000000139. The molecular formula is C86H77Cl3N4O24S4. The number of methoxy groups -OCH3 is 2. The largest absolute Gasteiger partial charge is 0.480 e. The predicted octanol–water partition coefficient (Wildman–Crippen LogP) is 19.1. The van der Waals surface area contributed by atoms with Crippen molar-refractivity contribution in [2.24, 2.45) is 23.7 Å². The van der Waals surface area contributed by atoms with Crippen molar-refractivity contribution >= 4 is 187 Å². The number of carbonyl (C=O) groups is 4. The number of ether oxygens (including phenoxy) is 2. The number of fused-ring (bicyclic) bond motifs is 12. The van der Waals surface area contributed by atoms with E-state index in [4.69, 9.17) is 79.6 Å². The third-order valence-corrected chi connectivity index (χ3v) is 26.0. The van der Waals surface area contributed by atoms with Crippen LogP contribution in [0.15, 0.2) is 255 Å². The number of esters is 2. The van der Waals surface area contributed by atoms with Gasteiger partial charge in [0.25, 0.3) is 0 Å². The van der Waals surface area contributed by atoms with Gasteiger partial charge in [-0.1, -0.05) is 79.7 Å². The van der Waals surface area contributed by atoms with Gasteiger partial charge in [-0.05, 0) is 228 Å². The minimum atomic E-state index is -4.04. The molecule has 0 spiro atoms. The summed E-state index contributed by atoms with van der Waals surface area (Å²) >= 11 is 17.5. The second kappa shape index (κ2) is 35.3. The zero-order valence-corrected chi connectivity index (χ0v) is 71.3. The molecule has 0 aliphatic heterocycles. The first-order chi connectivity index (χ1) is 57.3. The molecular weight excluding hydrogens is 1710 g/mol. The molecule has 0 aliphatic carbocycles. The van der Waals surface area contributed by atoms with E-state index in [0.717, 1.165) is 43.8 Å². The average molecular weight is 1790 g/mol. The molecule has 0 unspecified atom stereocenters. The Kier molecular flexibility index (Phi) is 25.4. The molecule has 0 bridgehead atoms. The molecule has 8 aromatic carbocycles. The maximum atomic E-state index is 12.9. The second-order valence-corrected chi connectivity index (χ2v) is 37.2. The maximum absolute atomic E-state index is 12.9. The number of furan rings is 8. The molecule has 0 saturated carbocycles. The fourth-order valence-electron chi connectivity index (χ4n) is 13.2. The number of rotatable bonds is 24. The summed E-state index contributed by atoms with van der Waals surface area (Å²) in [5, 5.41) is 24.9. The number of carboxylic acids is 2. The molecule has 28 nitrogen and oxygen atoms in total. The number of benzene rings is 8. The molecule has 35 heteroatoms. The highest BCUT2D eigenvalue weighted by Crippen LogP contribution is 2.40.